The summed E-state index contributed by atoms with van der Waals surface area (Å²) in [5, 5.41) is 2.79. The van der Waals surface area contributed by atoms with Crippen molar-refractivity contribution in [1.29, 1.82) is 0 Å². The lowest BCUT2D eigenvalue weighted by Crippen LogP contribution is -2.28. The highest BCUT2D eigenvalue weighted by molar-refractivity contribution is 5.75. The van der Waals surface area contributed by atoms with E-state index >= 15 is 0 Å². The molecule has 140 valence electrons. The van der Waals surface area contributed by atoms with Crippen LogP contribution in [0.5, 0.6) is 5.75 Å². The van der Waals surface area contributed by atoms with Crippen molar-refractivity contribution in [2.24, 2.45) is 0 Å². The molecule has 3 rings (SSSR count). The predicted molar refractivity (Wildman–Crippen MR) is 102 cm³/mol. The van der Waals surface area contributed by atoms with Crippen molar-refractivity contribution in [3.05, 3.63) is 87.7 Å². The minimum absolute atomic E-state index is 0.0910. The van der Waals surface area contributed by atoms with Crippen LogP contribution in [0, 0.1) is 13.8 Å². The second kappa shape index (κ2) is 8.40. The Labute approximate surface area is 157 Å². The summed E-state index contributed by atoms with van der Waals surface area (Å²) in [6.07, 6.45) is 3.14. The molecule has 0 saturated carbocycles. The van der Waals surface area contributed by atoms with Gasteiger partial charge in [0, 0.05) is 11.8 Å². The van der Waals surface area contributed by atoms with Crippen LogP contribution in [0.2, 0.25) is 0 Å². The molecule has 2 heterocycles. The number of furan rings is 1. The largest absolute Gasteiger partial charge is 0.483 e. The third-order valence-electron chi connectivity index (χ3n) is 4.18. The van der Waals surface area contributed by atoms with Gasteiger partial charge in [0.1, 0.15) is 18.9 Å². The average molecular weight is 366 g/mol. The Kier molecular flexibility index (Phi) is 5.76. The summed E-state index contributed by atoms with van der Waals surface area (Å²) in [5.41, 5.74) is 2.63. The molecule has 0 unspecified atom stereocenters. The maximum Gasteiger partial charge on any atom is 0.240 e. The van der Waals surface area contributed by atoms with Gasteiger partial charge in [0.15, 0.2) is 5.75 Å². The van der Waals surface area contributed by atoms with Crippen molar-refractivity contribution in [2.75, 3.05) is 0 Å². The van der Waals surface area contributed by atoms with Crippen LogP contribution in [-0.4, -0.2) is 10.5 Å². The molecule has 1 N–H and O–H groups in total. The first-order valence-corrected chi connectivity index (χ1v) is 8.70. The van der Waals surface area contributed by atoms with E-state index in [0.717, 1.165) is 11.1 Å². The average Bonchev–Trinajstić information content (AvgIpc) is 3.16. The van der Waals surface area contributed by atoms with Crippen LogP contribution in [0.15, 0.2) is 64.1 Å². The van der Waals surface area contributed by atoms with Crippen molar-refractivity contribution in [1.82, 2.24) is 9.88 Å². The number of aromatic nitrogens is 1. The fourth-order valence-corrected chi connectivity index (χ4v) is 2.58. The molecule has 0 fully saturated rings. The van der Waals surface area contributed by atoms with E-state index in [4.69, 9.17) is 9.15 Å². The van der Waals surface area contributed by atoms with Crippen LogP contribution in [-0.2, 0) is 24.5 Å². The number of nitrogens with one attached hydrogen (secondary N) is 1. The zero-order valence-electron chi connectivity index (χ0n) is 15.4. The van der Waals surface area contributed by atoms with E-state index in [1.807, 2.05) is 31.2 Å². The fourth-order valence-electron chi connectivity index (χ4n) is 2.58. The van der Waals surface area contributed by atoms with E-state index in [1.54, 1.807) is 36.1 Å². The second-order valence-electron chi connectivity index (χ2n) is 6.40. The van der Waals surface area contributed by atoms with Gasteiger partial charge in [-0.3, -0.25) is 9.59 Å². The van der Waals surface area contributed by atoms with Gasteiger partial charge in [0.25, 0.3) is 0 Å². The number of rotatable bonds is 7. The zero-order chi connectivity index (χ0) is 19.2. The first-order chi connectivity index (χ1) is 13.0. The lowest BCUT2D eigenvalue weighted by Gasteiger charge is -2.13. The maximum atomic E-state index is 12.2. The number of ether oxygens (including phenoxy) is 1. The van der Waals surface area contributed by atoms with Crippen molar-refractivity contribution in [3.8, 4) is 5.75 Å². The van der Waals surface area contributed by atoms with E-state index in [2.05, 4.69) is 5.32 Å². The van der Waals surface area contributed by atoms with Gasteiger partial charge in [-0.05, 0) is 31.5 Å². The number of pyridine rings is 1. The minimum Gasteiger partial charge on any atom is -0.483 e. The number of nitrogens with zero attached hydrogens (tertiary/aromatic N) is 1. The van der Waals surface area contributed by atoms with Crippen LogP contribution in [0.1, 0.15) is 22.6 Å². The summed E-state index contributed by atoms with van der Waals surface area (Å²) >= 11 is 0. The molecule has 6 heteroatoms. The van der Waals surface area contributed by atoms with Crippen LogP contribution < -0.4 is 15.5 Å². The molecule has 1 aromatic carbocycles. The van der Waals surface area contributed by atoms with E-state index in [-0.39, 0.29) is 23.6 Å². The predicted octanol–water partition coefficient (Wildman–Crippen LogP) is 2.95. The molecular formula is C21H22N2O4. The van der Waals surface area contributed by atoms with E-state index in [1.165, 1.54) is 6.07 Å². The van der Waals surface area contributed by atoms with Gasteiger partial charge in [-0.25, -0.2) is 0 Å². The van der Waals surface area contributed by atoms with Gasteiger partial charge < -0.3 is 19.0 Å². The lowest BCUT2D eigenvalue weighted by molar-refractivity contribution is -0.121. The molecule has 0 aliphatic heterocycles. The Morgan fingerprint density at radius 1 is 1.19 bits per heavy atom. The molecule has 0 atom stereocenters. The Balaban J connectivity index is 1.64. The van der Waals surface area contributed by atoms with Gasteiger partial charge in [0.2, 0.25) is 11.3 Å². The number of amides is 1. The fraction of sp³-hybridized carbons (Fsp3) is 0.238. The van der Waals surface area contributed by atoms with E-state index < -0.39 is 0 Å². The first-order valence-electron chi connectivity index (χ1n) is 8.70. The quantitative estimate of drug-likeness (QED) is 0.698. The van der Waals surface area contributed by atoms with Gasteiger partial charge in [-0.2, -0.15) is 0 Å². The van der Waals surface area contributed by atoms with Crippen molar-refractivity contribution >= 4 is 5.91 Å². The highest BCUT2D eigenvalue weighted by Crippen LogP contribution is 2.10. The maximum absolute atomic E-state index is 12.2. The van der Waals surface area contributed by atoms with E-state index in [0.29, 0.717) is 24.6 Å². The number of carbonyl (C=O) groups is 1. The van der Waals surface area contributed by atoms with Gasteiger partial charge in [-0.1, -0.05) is 29.8 Å². The first kappa shape index (κ1) is 18.5. The van der Waals surface area contributed by atoms with Crippen molar-refractivity contribution in [2.45, 2.75) is 33.5 Å². The summed E-state index contributed by atoms with van der Waals surface area (Å²) in [4.78, 5) is 24.4. The Hall–Kier alpha value is -3.28. The smallest absolute Gasteiger partial charge is 0.240 e. The third-order valence-corrected chi connectivity index (χ3v) is 4.18. The Morgan fingerprint density at radius 2 is 1.96 bits per heavy atom. The highest BCUT2D eigenvalue weighted by Gasteiger charge is 2.09. The molecule has 2 aromatic heterocycles. The molecule has 6 nitrogen and oxygen atoms in total. The van der Waals surface area contributed by atoms with Gasteiger partial charge in [0.05, 0.1) is 19.0 Å². The number of hydrogen-bond donors (Lipinski definition) is 1. The second-order valence-corrected chi connectivity index (χ2v) is 6.40. The van der Waals surface area contributed by atoms with Gasteiger partial charge in [-0.15, -0.1) is 0 Å². The molecule has 0 aliphatic rings. The number of carbonyl (C=O) groups excluding carboxylic acids is 1. The van der Waals surface area contributed by atoms with Crippen LogP contribution in [0.4, 0.5) is 0 Å². The Morgan fingerprint density at radius 3 is 2.67 bits per heavy atom. The molecular weight excluding hydrogens is 344 g/mol. The third kappa shape index (κ3) is 5.10. The van der Waals surface area contributed by atoms with Crippen LogP contribution >= 0.6 is 0 Å². The summed E-state index contributed by atoms with van der Waals surface area (Å²) in [7, 11) is 0. The highest BCUT2D eigenvalue weighted by atomic mass is 16.5. The molecule has 27 heavy (non-hydrogen) atoms. The summed E-state index contributed by atoms with van der Waals surface area (Å²) in [5.74, 6) is 0.727. The summed E-state index contributed by atoms with van der Waals surface area (Å²) < 4.78 is 12.6. The minimum atomic E-state index is -0.202. The number of hydrogen-bond acceptors (Lipinski definition) is 4. The molecule has 0 saturated heterocycles. The number of benzene rings is 1. The van der Waals surface area contributed by atoms with Crippen LogP contribution in [0.3, 0.4) is 0 Å². The molecule has 0 aliphatic carbocycles. The van der Waals surface area contributed by atoms with Gasteiger partial charge >= 0.3 is 0 Å². The molecule has 3 aromatic rings. The van der Waals surface area contributed by atoms with E-state index in [9.17, 15) is 9.59 Å². The Bertz CT molecular complexity index is 957. The monoisotopic (exact) mass is 366 g/mol. The molecule has 1 amide bonds. The zero-order valence-corrected chi connectivity index (χ0v) is 15.4. The number of aryl methyl sites for hydroxylation is 2. The summed E-state index contributed by atoms with van der Waals surface area (Å²) in [6, 6.07) is 13.0. The molecule has 0 bridgehead atoms. The molecule has 0 spiro atoms. The molecule has 0 radical (unpaired) electrons. The standard InChI is InChI=1S/C21H22N2O4/c1-15-5-7-17(8-6-15)14-27-20-12-23(16(2)10-19(20)24)13-21(25)22-11-18-4-3-9-26-18/h3-10,12H,11,13-14H2,1-2H3,(H,22,25). The lowest BCUT2D eigenvalue weighted by atomic mass is 10.2. The normalized spacial score (nSPS) is 10.6. The summed E-state index contributed by atoms with van der Waals surface area (Å²) in [6.45, 7) is 4.50. The van der Waals surface area contributed by atoms with Crippen molar-refractivity contribution < 1.29 is 13.9 Å². The van der Waals surface area contributed by atoms with Crippen molar-refractivity contribution in [3.63, 3.8) is 0 Å². The van der Waals surface area contributed by atoms with Crippen LogP contribution in [0.25, 0.3) is 0 Å². The SMILES string of the molecule is Cc1ccc(COc2cn(CC(=O)NCc3ccco3)c(C)cc2=O)cc1. The topological polar surface area (TPSA) is 73.5 Å².